The second-order valence-electron chi connectivity index (χ2n) is 7.28. The van der Waals surface area contributed by atoms with Crippen LogP contribution in [-0.4, -0.2) is 30.9 Å². The normalized spacial score (nSPS) is 22.8. The molecule has 0 spiro atoms. The fraction of sp³-hybridized carbons (Fsp3) is 0.688. The Morgan fingerprint density at radius 1 is 1.25 bits per heavy atom. The Balaban J connectivity index is 2.32. The van der Waals surface area contributed by atoms with Gasteiger partial charge in [0, 0.05) is 24.2 Å². The van der Waals surface area contributed by atoms with Gasteiger partial charge in [0.1, 0.15) is 10.8 Å². The molecule has 0 aromatic carbocycles. The van der Waals surface area contributed by atoms with Crippen molar-refractivity contribution in [2.75, 3.05) is 0 Å². The Labute approximate surface area is 143 Å². The Morgan fingerprint density at radius 3 is 2.33 bits per heavy atom. The third kappa shape index (κ3) is 4.62. The highest BCUT2D eigenvalue weighted by Crippen LogP contribution is 2.44. The minimum Gasteiger partial charge on any atom is -0.598 e. The molecule has 1 aliphatic rings. The van der Waals surface area contributed by atoms with Gasteiger partial charge in [-0.05, 0) is 45.7 Å². The molecule has 24 heavy (non-hydrogen) atoms. The number of aliphatic hydroxyl groups is 1. The van der Waals surface area contributed by atoms with E-state index in [2.05, 4.69) is 9.71 Å². The fourth-order valence-corrected chi connectivity index (χ4v) is 3.56. The van der Waals surface area contributed by atoms with Crippen molar-refractivity contribution in [3.05, 3.63) is 29.8 Å². The van der Waals surface area contributed by atoms with Crippen molar-refractivity contribution in [1.82, 2.24) is 9.71 Å². The lowest BCUT2D eigenvalue weighted by molar-refractivity contribution is -0.115. The summed E-state index contributed by atoms with van der Waals surface area (Å²) in [5.41, 5.74) is -1.41. The number of pyridine rings is 1. The lowest BCUT2D eigenvalue weighted by Crippen LogP contribution is -2.53. The summed E-state index contributed by atoms with van der Waals surface area (Å²) in [5, 5.41) is 10.9. The van der Waals surface area contributed by atoms with Crippen LogP contribution in [0.2, 0.25) is 0 Å². The van der Waals surface area contributed by atoms with Crippen LogP contribution >= 0.6 is 0 Å². The van der Waals surface area contributed by atoms with Crippen LogP contribution in [0.4, 0.5) is 13.2 Å². The quantitative estimate of drug-likeness (QED) is 0.636. The molecule has 1 fully saturated rings. The molecule has 1 unspecified atom stereocenters. The largest absolute Gasteiger partial charge is 0.598 e. The second-order valence-corrected chi connectivity index (χ2v) is 9.27. The van der Waals surface area contributed by atoms with Crippen LogP contribution in [0.3, 0.4) is 0 Å². The van der Waals surface area contributed by atoms with Crippen molar-refractivity contribution in [2.24, 2.45) is 0 Å². The molecule has 136 valence electrons. The molecule has 4 nitrogen and oxygen atoms in total. The third-order valence-electron chi connectivity index (χ3n) is 4.20. The number of hydrogen-bond donors (Lipinski definition) is 2. The van der Waals surface area contributed by atoms with Crippen LogP contribution < -0.4 is 4.72 Å². The number of halogens is 3. The van der Waals surface area contributed by atoms with Crippen LogP contribution in [0.15, 0.2) is 18.2 Å². The van der Waals surface area contributed by atoms with Gasteiger partial charge >= 0.3 is 0 Å². The second kappa shape index (κ2) is 6.82. The van der Waals surface area contributed by atoms with E-state index in [1.54, 1.807) is 20.8 Å². The standard InChI is InChI=1S/C16H23F3N2O2S/c1-14(2,3)24(23)21-13(11-5-4-6-12(17)20-11)15(22)7-9-16(18,19)10-8-15/h4-6,13,21-22H,7-10H2,1-3H3/t13-,24?/m0/s1. The number of aromatic nitrogens is 1. The van der Waals surface area contributed by atoms with E-state index in [9.17, 15) is 22.8 Å². The van der Waals surface area contributed by atoms with Crippen LogP contribution in [-0.2, 0) is 11.4 Å². The average Bonchev–Trinajstić information content (AvgIpc) is 2.47. The van der Waals surface area contributed by atoms with E-state index in [1.807, 2.05) is 0 Å². The first kappa shape index (κ1) is 19.5. The van der Waals surface area contributed by atoms with Gasteiger partial charge in [0.25, 0.3) is 0 Å². The van der Waals surface area contributed by atoms with Crippen molar-refractivity contribution in [2.45, 2.75) is 68.8 Å². The van der Waals surface area contributed by atoms with Gasteiger partial charge in [-0.2, -0.15) is 4.39 Å². The van der Waals surface area contributed by atoms with Gasteiger partial charge in [0.2, 0.25) is 11.9 Å². The number of hydrogen-bond acceptors (Lipinski definition) is 4. The molecule has 0 saturated heterocycles. The molecule has 2 rings (SSSR count). The summed E-state index contributed by atoms with van der Waals surface area (Å²) in [4.78, 5) is 3.75. The van der Waals surface area contributed by atoms with Crippen molar-refractivity contribution < 1.29 is 22.8 Å². The smallest absolute Gasteiger partial charge is 0.248 e. The van der Waals surface area contributed by atoms with E-state index in [1.165, 1.54) is 12.1 Å². The van der Waals surface area contributed by atoms with Gasteiger partial charge in [0.05, 0.1) is 11.3 Å². The fourth-order valence-electron chi connectivity index (χ4n) is 2.65. The van der Waals surface area contributed by atoms with Gasteiger partial charge in [-0.25, -0.2) is 13.8 Å². The predicted octanol–water partition coefficient (Wildman–Crippen LogP) is 3.25. The number of nitrogens with one attached hydrogen (secondary N) is 1. The Bertz CT molecular complexity index is 571. The van der Waals surface area contributed by atoms with Crippen molar-refractivity contribution >= 4 is 11.4 Å². The zero-order valence-corrected chi connectivity index (χ0v) is 14.8. The minimum absolute atomic E-state index is 0.153. The summed E-state index contributed by atoms with van der Waals surface area (Å²) in [6.45, 7) is 5.22. The van der Waals surface area contributed by atoms with Crippen LogP contribution in [0.5, 0.6) is 0 Å². The molecule has 2 atom stereocenters. The lowest BCUT2D eigenvalue weighted by Gasteiger charge is -2.42. The van der Waals surface area contributed by atoms with E-state index < -0.39 is 52.5 Å². The zero-order chi connectivity index (χ0) is 18.2. The molecule has 0 bridgehead atoms. The van der Waals surface area contributed by atoms with E-state index >= 15 is 0 Å². The Hall–Kier alpha value is -0.830. The molecule has 0 aliphatic heterocycles. The minimum atomic E-state index is -2.82. The predicted molar refractivity (Wildman–Crippen MR) is 86.3 cm³/mol. The zero-order valence-electron chi connectivity index (χ0n) is 14.0. The van der Waals surface area contributed by atoms with Crippen molar-refractivity contribution in [1.29, 1.82) is 0 Å². The number of nitrogens with zero attached hydrogens (tertiary/aromatic N) is 1. The monoisotopic (exact) mass is 364 g/mol. The van der Waals surface area contributed by atoms with Gasteiger partial charge < -0.3 is 9.66 Å². The van der Waals surface area contributed by atoms with E-state index in [4.69, 9.17) is 0 Å². The average molecular weight is 364 g/mol. The molecule has 2 N–H and O–H groups in total. The molecule has 1 heterocycles. The lowest BCUT2D eigenvalue weighted by atomic mass is 9.77. The maximum Gasteiger partial charge on any atom is 0.248 e. The van der Waals surface area contributed by atoms with Crippen LogP contribution in [0.1, 0.15) is 58.2 Å². The van der Waals surface area contributed by atoms with Gasteiger partial charge in [-0.15, -0.1) is 4.72 Å². The van der Waals surface area contributed by atoms with E-state index in [0.717, 1.165) is 6.07 Å². The summed E-state index contributed by atoms with van der Waals surface area (Å²) in [6, 6.07) is 3.07. The first-order chi connectivity index (χ1) is 10.9. The molecular weight excluding hydrogens is 341 g/mol. The van der Waals surface area contributed by atoms with Crippen molar-refractivity contribution in [3.8, 4) is 0 Å². The Morgan fingerprint density at radius 2 is 1.83 bits per heavy atom. The van der Waals surface area contributed by atoms with Crippen LogP contribution in [0.25, 0.3) is 0 Å². The summed E-state index contributed by atoms with van der Waals surface area (Å²) in [7, 11) is 0. The molecule has 1 saturated carbocycles. The van der Waals surface area contributed by atoms with Gasteiger partial charge in [-0.3, -0.25) is 0 Å². The first-order valence-corrected chi connectivity index (χ1v) is 8.99. The summed E-state index contributed by atoms with van der Waals surface area (Å²) >= 11 is -1.58. The highest BCUT2D eigenvalue weighted by Gasteiger charge is 2.49. The van der Waals surface area contributed by atoms with Crippen LogP contribution in [0, 0.1) is 5.95 Å². The maximum absolute atomic E-state index is 13.5. The maximum atomic E-state index is 13.5. The number of alkyl halides is 2. The highest BCUT2D eigenvalue weighted by molar-refractivity contribution is 7.90. The third-order valence-corrected chi connectivity index (χ3v) is 5.76. The summed E-state index contributed by atoms with van der Waals surface area (Å²) in [5.74, 6) is -3.57. The highest BCUT2D eigenvalue weighted by atomic mass is 32.2. The summed E-state index contributed by atoms with van der Waals surface area (Å²) < 4.78 is 55.0. The molecular formula is C16H23F3N2O2S. The molecule has 8 heteroatoms. The van der Waals surface area contributed by atoms with E-state index in [-0.39, 0.29) is 18.5 Å². The molecule has 1 aliphatic carbocycles. The van der Waals surface area contributed by atoms with Gasteiger partial charge in [0.15, 0.2) is 0 Å². The number of rotatable bonds is 4. The van der Waals surface area contributed by atoms with E-state index in [0.29, 0.717) is 0 Å². The van der Waals surface area contributed by atoms with Crippen molar-refractivity contribution in [3.63, 3.8) is 0 Å². The topological polar surface area (TPSA) is 68.2 Å². The molecule has 0 radical (unpaired) electrons. The SMILES string of the molecule is CC(C)(C)[S+]([O-])N[C@@H](c1cccc(F)n1)C1(O)CCC(F)(F)CC1. The molecule has 0 amide bonds. The molecule has 1 aromatic heterocycles. The van der Waals surface area contributed by atoms with Gasteiger partial charge in [-0.1, -0.05) is 6.07 Å². The first-order valence-electron chi connectivity index (χ1n) is 7.84. The Kier molecular flexibility index (Phi) is 5.54. The summed E-state index contributed by atoms with van der Waals surface area (Å²) in [6.07, 6.45) is -1.31. The molecule has 1 aromatic rings.